The van der Waals surface area contributed by atoms with Crippen LogP contribution in [-0.2, 0) is 0 Å². The third-order valence-electron chi connectivity index (χ3n) is 11.1. The molecule has 1 nitrogen and oxygen atoms in total. The third kappa shape index (κ3) is 16.8. The topological polar surface area (TPSA) is 3.24 Å². The van der Waals surface area contributed by atoms with Crippen LogP contribution in [0, 0.1) is 41.4 Å². The van der Waals surface area contributed by atoms with Crippen LogP contribution in [0.4, 0.5) is 0 Å². The van der Waals surface area contributed by atoms with Gasteiger partial charge in [0, 0.05) is 0 Å². The lowest BCUT2D eigenvalue weighted by Gasteiger charge is -2.30. The van der Waals surface area contributed by atoms with Crippen LogP contribution in [0.5, 0.6) is 0 Å². The third-order valence-corrected chi connectivity index (χ3v) is 11.1. The number of rotatable bonds is 22. The highest BCUT2D eigenvalue weighted by Gasteiger charge is 2.24. The maximum absolute atomic E-state index is 4.56. The molecule has 0 radical (unpaired) electrons. The van der Waals surface area contributed by atoms with Gasteiger partial charge in [-0.2, -0.15) is 0 Å². The maximum Gasteiger partial charge on any atom is -0.00187 e. The molecule has 0 heterocycles. The standard InChI is InChI=1S/C40H75N/c1-32(2)14-9-16-34(5)17-11-21-38-24-28-40(29-25-38)36(7)19-13-31-41(8)30-12-18-35(6)39-26-22-37(23-27-39)20-10-15-33(3)4/h32-34,37-40H,6-7,9-31H2,1-5,8H3. The molecule has 0 spiro atoms. The number of allylic oxidation sites excluding steroid dienone is 2. The van der Waals surface area contributed by atoms with E-state index in [1.54, 1.807) is 11.1 Å². The second-order valence-electron chi connectivity index (χ2n) is 15.9. The Morgan fingerprint density at radius 1 is 0.561 bits per heavy atom. The Balaban J connectivity index is 1.46. The summed E-state index contributed by atoms with van der Waals surface area (Å²) in [6, 6.07) is 0. The van der Waals surface area contributed by atoms with E-state index in [-0.39, 0.29) is 0 Å². The molecule has 0 N–H and O–H groups in total. The van der Waals surface area contributed by atoms with Crippen LogP contribution in [0.2, 0.25) is 0 Å². The quantitative estimate of drug-likeness (QED) is 0.117. The minimum absolute atomic E-state index is 0.806. The van der Waals surface area contributed by atoms with E-state index < -0.39 is 0 Å². The lowest BCUT2D eigenvalue weighted by atomic mass is 9.76. The Bertz CT molecular complexity index is 673. The number of hydrogen-bond donors (Lipinski definition) is 0. The monoisotopic (exact) mass is 570 g/mol. The minimum atomic E-state index is 0.806. The van der Waals surface area contributed by atoms with Gasteiger partial charge in [-0.3, -0.25) is 0 Å². The van der Waals surface area contributed by atoms with Gasteiger partial charge in [0.25, 0.3) is 0 Å². The average Bonchev–Trinajstić information content (AvgIpc) is 2.93. The Morgan fingerprint density at radius 3 is 1.39 bits per heavy atom. The minimum Gasteiger partial charge on any atom is -0.306 e. The zero-order chi connectivity index (χ0) is 30.0. The summed E-state index contributed by atoms with van der Waals surface area (Å²) in [6.07, 6.45) is 29.4. The molecule has 2 rings (SSSR count). The molecule has 0 amide bonds. The predicted molar refractivity (Wildman–Crippen MR) is 186 cm³/mol. The van der Waals surface area contributed by atoms with Crippen LogP contribution >= 0.6 is 0 Å². The summed E-state index contributed by atoms with van der Waals surface area (Å²) < 4.78 is 0. The Hall–Kier alpha value is -0.560. The summed E-state index contributed by atoms with van der Waals surface area (Å²) in [5, 5.41) is 0. The highest BCUT2D eigenvalue weighted by atomic mass is 15.1. The molecule has 41 heavy (non-hydrogen) atoms. The molecule has 1 atom stereocenters. The van der Waals surface area contributed by atoms with E-state index in [0.29, 0.717) is 0 Å². The zero-order valence-corrected chi connectivity index (χ0v) is 29.2. The molecular weight excluding hydrogens is 494 g/mol. The molecule has 0 aliphatic heterocycles. The Morgan fingerprint density at radius 2 is 0.951 bits per heavy atom. The van der Waals surface area contributed by atoms with Crippen molar-refractivity contribution in [2.24, 2.45) is 41.4 Å². The lowest BCUT2D eigenvalue weighted by Crippen LogP contribution is -2.22. The molecule has 0 aromatic heterocycles. The molecule has 2 aliphatic rings. The van der Waals surface area contributed by atoms with Gasteiger partial charge < -0.3 is 4.90 Å². The van der Waals surface area contributed by atoms with Crippen LogP contribution in [-0.4, -0.2) is 25.0 Å². The van der Waals surface area contributed by atoms with Gasteiger partial charge in [-0.15, -0.1) is 0 Å². The first-order chi connectivity index (χ1) is 19.6. The van der Waals surface area contributed by atoms with Crippen molar-refractivity contribution in [3.8, 4) is 0 Å². The van der Waals surface area contributed by atoms with Crippen LogP contribution < -0.4 is 0 Å². The Labute approximate surface area is 259 Å². The van der Waals surface area contributed by atoms with Crippen molar-refractivity contribution in [1.29, 1.82) is 0 Å². The van der Waals surface area contributed by atoms with Crippen molar-refractivity contribution < 1.29 is 0 Å². The normalized spacial score (nSPS) is 24.3. The van der Waals surface area contributed by atoms with Crippen LogP contribution in [0.15, 0.2) is 24.3 Å². The highest BCUT2D eigenvalue weighted by Crippen LogP contribution is 2.38. The molecule has 2 fully saturated rings. The first-order valence-corrected chi connectivity index (χ1v) is 18.7. The van der Waals surface area contributed by atoms with Crippen LogP contribution in [0.25, 0.3) is 0 Å². The summed E-state index contributed by atoms with van der Waals surface area (Å²) in [7, 11) is 2.32. The van der Waals surface area contributed by atoms with Gasteiger partial charge in [-0.05, 0) is 139 Å². The molecular formula is C40H75N. The van der Waals surface area contributed by atoms with E-state index in [9.17, 15) is 0 Å². The van der Waals surface area contributed by atoms with Gasteiger partial charge in [0.2, 0.25) is 0 Å². The van der Waals surface area contributed by atoms with Crippen LogP contribution in [0.1, 0.15) is 169 Å². The summed E-state index contributed by atoms with van der Waals surface area (Å²) in [6.45, 7) is 23.5. The molecule has 0 aromatic rings. The molecule has 1 unspecified atom stereocenters. The van der Waals surface area contributed by atoms with Crippen molar-refractivity contribution in [2.75, 3.05) is 20.1 Å². The second-order valence-corrected chi connectivity index (χ2v) is 15.9. The van der Waals surface area contributed by atoms with Crippen molar-refractivity contribution in [1.82, 2.24) is 4.90 Å². The van der Waals surface area contributed by atoms with E-state index >= 15 is 0 Å². The number of hydrogen-bond acceptors (Lipinski definition) is 1. The fourth-order valence-electron chi connectivity index (χ4n) is 7.98. The predicted octanol–water partition coefficient (Wildman–Crippen LogP) is 12.7. The van der Waals surface area contributed by atoms with Crippen LogP contribution in [0.3, 0.4) is 0 Å². The van der Waals surface area contributed by atoms with Gasteiger partial charge in [-0.1, -0.05) is 117 Å². The summed E-state index contributed by atoms with van der Waals surface area (Å²) in [5.74, 6) is 6.27. The highest BCUT2D eigenvalue weighted by molar-refractivity contribution is 5.03. The summed E-state index contributed by atoms with van der Waals surface area (Å²) in [5.41, 5.74) is 3.11. The molecule has 0 aromatic carbocycles. The smallest absolute Gasteiger partial charge is 0.00187 e. The molecule has 2 saturated carbocycles. The van der Waals surface area contributed by atoms with Gasteiger partial charge in [0.05, 0.1) is 0 Å². The van der Waals surface area contributed by atoms with E-state index in [1.807, 2.05) is 0 Å². The molecule has 0 bridgehead atoms. The molecule has 1 heteroatoms. The first kappa shape index (κ1) is 36.6. The van der Waals surface area contributed by atoms with E-state index in [1.165, 1.54) is 148 Å². The summed E-state index contributed by atoms with van der Waals surface area (Å²) in [4.78, 5) is 2.56. The summed E-state index contributed by atoms with van der Waals surface area (Å²) >= 11 is 0. The van der Waals surface area contributed by atoms with Gasteiger partial charge in [0.15, 0.2) is 0 Å². The van der Waals surface area contributed by atoms with Gasteiger partial charge >= 0.3 is 0 Å². The Kier molecular flexibility index (Phi) is 18.9. The van der Waals surface area contributed by atoms with E-state index in [0.717, 1.165) is 41.4 Å². The SMILES string of the molecule is C=C(CCCN(C)CCCC(=C)C1CCC(CCCC(C)CCCC(C)C)CC1)C1CCC(CCCC(C)C)CC1. The maximum atomic E-state index is 4.56. The molecule has 240 valence electrons. The van der Waals surface area contributed by atoms with Gasteiger partial charge in [0.1, 0.15) is 0 Å². The molecule has 2 aliphatic carbocycles. The van der Waals surface area contributed by atoms with Crippen molar-refractivity contribution >= 4 is 0 Å². The van der Waals surface area contributed by atoms with Gasteiger partial charge in [-0.25, -0.2) is 0 Å². The fourth-order valence-corrected chi connectivity index (χ4v) is 7.98. The largest absolute Gasteiger partial charge is 0.306 e. The lowest BCUT2D eigenvalue weighted by molar-refractivity contribution is 0.268. The first-order valence-electron chi connectivity index (χ1n) is 18.7. The zero-order valence-electron chi connectivity index (χ0n) is 29.2. The average molecular weight is 570 g/mol. The molecule has 0 saturated heterocycles. The van der Waals surface area contributed by atoms with E-state index in [2.05, 4.69) is 59.7 Å². The van der Waals surface area contributed by atoms with Crippen molar-refractivity contribution in [3.63, 3.8) is 0 Å². The second kappa shape index (κ2) is 21.2. The van der Waals surface area contributed by atoms with Crippen molar-refractivity contribution in [2.45, 2.75) is 169 Å². The van der Waals surface area contributed by atoms with E-state index in [4.69, 9.17) is 0 Å². The van der Waals surface area contributed by atoms with Crippen molar-refractivity contribution in [3.05, 3.63) is 24.3 Å². The number of nitrogens with zero attached hydrogens (tertiary/aromatic N) is 1. The fraction of sp³-hybridized carbons (Fsp3) is 0.900.